The lowest BCUT2D eigenvalue weighted by atomic mass is 9.99. The number of piperidine rings is 1. The number of benzene rings is 1. The van der Waals surface area contributed by atoms with Crippen LogP contribution in [0, 0.1) is 5.92 Å². The van der Waals surface area contributed by atoms with E-state index >= 15 is 0 Å². The first-order chi connectivity index (χ1) is 14.8. The van der Waals surface area contributed by atoms with E-state index in [2.05, 4.69) is 6.92 Å². The van der Waals surface area contributed by atoms with E-state index in [1.807, 2.05) is 0 Å². The largest absolute Gasteiger partial charge is 0.467 e. The molecule has 0 bridgehead atoms. The average molecular weight is 424 g/mol. The standard InChI is InChI=1S/C23H24N2O6/c1-14-7-9-24(10-8-14)20(26)15(2)31-23(29)16-5-6-18-19(12-16)22(28)25(21(18)27)13-17-4-3-11-30-17/h3-6,11-12,14-15H,7-10,13H2,1-2H3. The molecule has 0 N–H and O–H groups in total. The number of amides is 3. The van der Waals surface area contributed by atoms with Crippen LogP contribution in [0.15, 0.2) is 41.0 Å². The van der Waals surface area contributed by atoms with E-state index in [1.165, 1.54) is 24.5 Å². The van der Waals surface area contributed by atoms with E-state index in [9.17, 15) is 19.2 Å². The van der Waals surface area contributed by atoms with Crippen LogP contribution in [0.1, 0.15) is 63.5 Å². The van der Waals surface area contributed by atoms with Crippen LogP contribution in [0.5, 0.6) is 0 Å². The van der Waals surface area contributed by atoms with Crippen LogP contribution in [0.2, 0.25) is 0 Å². The summed E-state index contributed by atoms with van der Waals surface area (Å²) >= 11 is 0. The number of hydrogen-bond acceptors (Lipinski definition) is 6. The summed E-state index contributed by atoms with van der Waals surface area (Å²) in [5.74, 6) is -0.817. The molecule has 8 nitrogen and oxygen atoms in total. The van der Waals surface area contributed by atoms with Gasteiger partial charge in [-0.05, 0) is 56.0 Å². The molecule has 1 atom stereocenters. The molecule has 31 heavy (non-hydrogen) atoms. The van der Waals surface area contributed by atoms with Crippen LogP contribution in [0.25, 0.3) is 0 Å². The molecule has 3 heterocycles. The molecule has 0 saturated carbocycles. The lowest BCUT2D eigenvalue weighted by molar-refractivity contribution is -0.141. The summed E-state index contributed by atoms with van der Waals surface area (Å²) in [6.07, 6.45) is 2.40. The molecule has 0 aliphatic carbocycles. The number of furan rings is 1. The molecule has 1 fully saturated rings. The van der Waals surface area contributed by atoms with Gasteiger partial charge in [-0.25, -0.2) is 4.79 Å². The second kappa shape index (κ2) is 8.37. The lowest BCUT2D eigenvalue weighted by Crippen LogP contribution is -2.44. The van der Waals surface area contributed by atoms with Crippen molar-refractivity contribution in [2.24, 2.45) is 5.92 Å². The second-order valence-electron chi connectivity index (χ2n) is 8.09. The molecule has 2 aliphatic heterocycles. The van der Waals surface area contributed by atoms with Crippen molar-refractivity contribution in [3.8, 4) is 0 Å². The SMILES string of the molecule is CC1CCN(C(=O)C(C)OC(=O)c2ccc3c(c2)C(=O)N(Cc2ccco2)C3=O)CC1. The number of ether oxygens (including phenoxy) is 1. The summed E-state index contributed by atoms with van der Waals surface area (Å²) in [5.41, 5.74) is 0.473. The minimum atomic E-state index is -0.929. The Morgan fingerprint density at radius 2 is 1.84 bits per heavy atom. The monoisotopic (exact) mass is 424 g/mol. The summed E-state index contributed by atoms with van der Waals surface area (Å²) in [4.78, 5) is 53.3. The number of imide groups is 1. The minimum absolute atomic E-state index is 0.0130. The van der Waals surface area contributed by atoms with Crippen molar-refractivity contribution < 1.29 is 28.3 Å². The van der Waals surface area contributed by atoms with Gasteiger partial charge in [0, 0.05) is 13.1 Å². The number of esters is 1. The maximum atomic E-state index is 12.7. The van der Waals surface area contributed by atoms with Crippen molar-refractivity contribution in [1.82, 2.24) is 9.80 Å². The first-order valence-electron chi connectivity index (χ1n) is 10.4. The molecular weight excluding hydrogens is 400 g/mol. The highest BCUT2D eigenvalue weighted by atomic mass is 16.5. The maximum absolute atomic E-state index is 12.7. The molecule has 1 saturated heterocycles. The molecule has 1 aromatic carbocycles. The van der Waals surface area contributed by atoms with E-state index in [4.69, 9.17) is 9.15 Å². The van der Waals surface area contributed by atoms with Crippen molar-refractivity contribution in [2.45, 2.75) is 39.3 Å². The van der Waals surface area contributed by atoms with Crippen molar-refractivity contribution in [2.75, 3.05) is 13.1 Å². The molecule has 8 heteroatoms. The van der Waals surface area contributed by atoms with Crippen molar-refractivity contribution >= 4 is 23.7 Å². The van der Waals surface area contributed by atoms with Gasteiger partial charge in [0.1, 0.15) is 5.76 Å². The van der Waals surface area contributed by atoms with Crippen LogP contribution < -0.4 is 0 Å². The number of carbonyl (C=O) groups excluding carboxylic acids is 4. The maximum Gasteiger partial charge on any atom is 0.338 e. The third-order valence-electron chi connectivity index (χ3n) is 5.83. The van der Waals surface area contributed by atoms with Crippen LogP contribution in [0.3, 0.4) is 0 Å². The van der Waals surface area contributed by atoms with Crippen molar-refractivity contribution in [3.63, 3.8) is 0 Å². The molecule has 1 aromatic heterocycles. The highest BCUT2D eigenvalue weighted by Gasteiger charge is 2.37. The van der Waals surface area contributed by atoms with Gasteiger partial charge < -0.3 is 14.1 Å². The molecule has 162 valence electrons. The summed E-state index contributed by atoms with van der Waals surface area (Å²) in [6, 6.07) is 7.57. The highest BCUT2D eigenvalue weighted by Crippen LogP contribution is 2.26. The number of likely N-dealkylation sites (tertiary alicyclic amines) is 1. The van der Waals surface area contributed by atoms with Gasteiger partial charge in [0.2, 0.25) is 0 Å². The topological polar surface area (TPSA) is 97.1 Å². The molecule has 0 spiro atoms. The van der Waals surface area contributed by atoms with E-state index in [0.717, 1.165) is 17.7 Å². The molecule has 4 rings (SSSR count). The van der Waals surface area contributed by atoms with Crippen molar-refractivity contribution in [3.05, 3.63) is 59.0 Å². The van der Waals surface area contributed by atoms with E-state index in [-0.39, 0.29) is 29.1 Å². The Morgan fingerprint density at radius 1 is 1.13 bits per heavy atom. The van der Waals surface area contributed by atoms with Crippen LogP contribution in [-0.2, 0) is 16.1 Å². The predicted molar refractivity (Wildman–Crippen MR) is 109 cm³/mol. The normalized spacial score (nSPS) is 17.6. The van der Waals surface area contributed by atoms with Gasteiger partial charge in [0.25, 0.3) is 17.7 Å². The van der Waals surface area contributed by atoms with Crippen LogP contribution in [-0.4, -0.2) is 52.7 Å². The van der Waals surface area contributed by atoms with Gasteiger partial charge in [0.15, 0.2) is 6.10 Å². The van der Waals surface area contributed by atoms with Crippen molar-refractivity contribution in [1.29, 1.82) is 0 Å². The molecule has 3 amide bonds. The van der Waals surface area contributed by atoms with Crippen LogP contribution in [0.4, 0.5) is 0 Å². The summed E-state index contributed by atoms with van der Waals surface area (Å²) in [7, 11) is 0. The smallest absolute Gasteiger partial charge is 0.338 e. The van der Waals surface area contributed by atoms with Gasteiger partial charge >= 0.3 is 5.97 Å². The fourth-order valence-corrected chi connectivity index (χ4v) is 3.88. The zero-order valence-corrected chi connectivity index (χ0v) is 17.5. The van der Waals surface area contributed by atoms with Gasteiger partial charge in [-0.15, -0.1) is 0 Å². The number of carbonyl (C=O) groups is 4. The minimum Gasteiger partial charge on any atom is -0.467 e. The van der Waals surface area contributed by atoms with E-state index in [0.29, 0.717) is 24.8 Å². The second-order valence-corrected chi connectivity index (χ2v) is 8.09. The number of rotatable bonds is 5. The highest BCUT2D eigenvalue weighted by molar-refractivity contribution is 6.21. The zero-order valence-electron chi connectivity index (χ0n) is 17.5. The molecule has 2 aliphatic rings. The van der Waals surface area contributed by atoms with E-state index < -0.39 is 23.9 Å². The summed E-state index contributed by atoms with van der Waals surface area (Å²) in [5, 5.41) is 0. The first-order valence-corrected chi connectivity index (χ1v) is 10.4. The Hall–Kier alpha value is -3.42. The predicted octanol–water partition coefficient (Wildman–Crippen LogP) is 2.88. The average Bonchev–Trinajstić information content (AvgIpc) is 3.36. The Kier molecular flexibility index (Phi) is 5.63. The molecule has 2 aromatic rings. The fourth-order valence-electron chi connectivity index (χ4n) is 3.88. The van der Waals surface area contributed by atoms with Gasteiger partial charge in [-0.1, -0.05) is 6.92 Å². The van der Waals surface area contributed by atoms with E-state index in [1.54, 1.807) is 24.0 Å². The quantitative estimate of drug-likeness (QED) is 0.541. The molecule has 1 unspecified atom stereocenters. The summed E-state index contributed by atoms with van der Waals surface area (Å²) in [6.45, 7) is 5.02. The lowest BCUT2D eigenvalue weighted by Gasteiger charge is -2.31. The number of nitrogens with zero attached hydrogens (tertiary/aromatic N) is 2. The number of hydrogen-bond donors (Lipinski definition) is 0. The number of fused-ring (bicyclic) bond motifs is 1. The first kappa shape index (κ1) is 20.8. The van der Waals surface area contributed by atoms with Gasteiger partial charge in [0.05, 0.1) is 29.5 Å². The third-order valence-corrected chi connectivity index (χ3v) is 5.83. The van der Waals surface area contributed by atoms with Gasteiger partial charge in [-0.3, -0.25) is 19.3 Å². The molecular formula is C23H24N2O6. The Balaban J connectivity index is 1.44. The van der Waals surface area contributed by atoms with Gasteiger partial charge in [-0.2, -0.15) is 0 Å². The summed E-state index contributed by atoms with van der Waals surface area (Å²) < 4.78 is 10.6. The Bertz CT molecular complexity index is 1020. The van der Waals surface area contributed by atoms with Crippen LogP contribution >= 0.6 is 0 Å². The Labute approximate surface area is 179 Å². The zero-order chi connectivity index (χ0) is 22.1. The molecule has 0 radical (unpaired) electrons. The Morgan fingerprint density at radius 3 is 2.52 bits per heavy atom. The third kappa shape index (κ3) is 4.10. The fraction of sp³-hybridized carbons (Fsp3) is 0.391.